The molecule has 8 heteroatoms. The van der Waals surface area contributed by atoms with Gasteiger partial charge in [-0.3, -0.25) is 4.98 Å². The average molecular weight is 504 g/mol. The summed E-state index contributed by atoms with van der Waals surface area (Å²) < 4.78 is 37.7. The Labute approximate surface area is 176 Å². The van der Waals surface area contributed by atoms with Crippen molar-refractivity contribution in [1.82, 2.24) is 4.98 Å². The van der Waals surface area contributed by atoms with Crippen LogP contribution in [0.15, 0.2) is 36.5 Å². The van der Waals surface area contributed by atoms with Gasteiger partial charge in [-0.2, -0.15) is 0 Å². The van der Waals surface area contributed by atoms with Crippen LogP contribution in [0.2, 0.25) is 0 Å². The monoisotopic (exact) mass is 504 g/mol. The first-order valence-electron chi connectivity index (χ1n) is 8.75. The van der Waals surface area contributed by atoms with Gasteiger partial charge >= 0.3 is 6.09 Å². The zero-order chi connectivity index (χ0) is 20.9. The Bertz CT molecular complexity index is 833. The van der Waals surface area contributed by atoms with Crippen LogP contribution in [-0.4, -0.2) is 23.3 Å². The molecule has 0 fully saturated rings. The van der Waals surface area contributed by atoms with Gasteiger partial charge in [-0.15, -0.1) is 0 Å². The van der Waals surface area contributed by atoms with E-state index < -0.39 is 18.1 Å². The molecule has 0 spiro atoms. The van der Waals surface area contributed by atoms with Gasteiger partial charge < -0.3 is 15.2 Å². The molecular weight excluding hydrogens is 481 g/mol. The Balaban J connectivity index is 2.18. The lowest BCUT2D eigenvalue weighted by Gasteiger charge is -2.30. The van der Waals surface area contributed by atoms with E-state index in [1.807, 2.05) is 19.9 Å². The minimum absolute atomic E-state index is 0.147. The molecule has 1 atom stereocenters. The molecule has 1 heterocycles. The van der Waals surface area contributed by atoms with Crippen LogP contribution >= 0.6 is 22.6 Å². The maximum absolute atomic E-state index is 12.9. The number of benzene rings is 1. The van der Waals surface area contributed by atoms with Gasteiger partial charge in [0.25, 0.3) is 6.43 Å². The Morgan fingerprint density at radius 3 is 2.50 bits per heavy atom. The van der Waals surface area contributed by atoms with E-state index in [1.54, 1.807) is 25.1 Å². The van der Waals surface area contributed by atoms with Crippen molar-refractivity contribution in [3.8, 4) is 16.9 Å². The van der Waals surface area contributed by atoms with Gasteiger partial charge in [-0.1, -0.05) is 19.9 Å². The van der Waals surface area contributed by atoms with Gasteiger partial charge in [-0.25, -0.2) is 13.6 Å². The van der Waals surface area contributed by atoms with Gasteiger partial charge in [0, 0.05) is 6.20 Å². The second kappa shape index (κ2) is 9.49. The molecule has 1 aromatic carbocycles. The quantitative estimate of drug-likeness (QED) is 0.477. The lowest BCUT2D eigenvalue weighted by molar-refractivity contribution is -0.0188. The number of hydrogen-bond donors (Lipinski definition) is 1. The minimum atomic E-state index is -2.62. The van der Waals surface area contributed by atoms with E-state index in [9.17, 15) is 13.6 Å². The molecule has 0 aliphatic carbocycles. The number of carbonyl (C=O) groups excluding carboxylic acids is 1. The van der Waals surface area contributed by atoms with E-state index in [4.69, 9.17) is 15.2 Å². The number of aromatic nitrogens is 1. The molecule has 0 radical (unpaired) electrons. The second-order valence-corrected chi connectivity index (χ2v) is 8.34. The second-order valence-electron chi connectivity index (χ2n) is 7.17. The van der Waals surface area contributed by atoms with E-state index in [-0.39, 0.29) is 18.2 Å². The Morgan fingerprint density at radius 2 is 1.93 bits per heavy atom. The highest BCUT2D eigenvalue weighted by molar-refractivity contribution is 14.1. The topological polar surface area (TPSA) is 74.4 Å². The number of nitrogens with zero attached hydrogens (tertiary/aromatic N) is 1. The molecule has 1 aromatic heterocycles. The van der Waals surface area contributed by atoms with Crippen LogP contribution in [0, 0.1) is 9.49 Å². The molecule has 0 aliphatic heterocycles. The zero-order valence-corrected chi connectivity index (χ0v) is 18.1. The van der Waals surface area contributed by atoms with Gasteiger partial charge in [0.2, 0.25) is 0 Å². The van der Waals surface area contributed by atoms with Crippen molar-refractivity contribution in [2.75, 3.05) is 6.61 Å². The highest BCUT2D eigenvalue weighted by Gasteiger charge is 2.30. The summed E-state index contributed by atoms with van der Waals surface area (Å²) in [5.74, 6) is 0.889. The highest BCUT2D eigenvalue weighted by atomic mass is 127. The number of nitrogens with two attached hydrogens (primary N) is 1. The molecule has 2 N–H and O–H groups in total. The van der Waals surface area contributed by atoms with Crippen LogP contribution in [-0.2, 0) is 4.74 Å². The van der Waals surface area contributed by atoms with E-state index in [0.717, 1.165) is 9.13 Å². The van der Waals surface area contributed by atoms with Crippen molar-refractivity contribution in [3.63, 3.8) is 0 Å². The first-order valence-corrected chi connectivity index (χ1v) is 9.83. The van der Waals surface area contributed by atoms with Crippen molar-refractivity contribution in [2.45, 2.75) is 39.2 Å². The Kier molecular flexibility index (Phi) is 7.56. The first-order chi connectivity index (χ1) is 13.1. The molecule has 0 saturated heterocycles. The van der Waals surface area contributed by atoms with Gasteiger partial charge in [0.15, 0.2) is 0 Å². The molecule has 5 nitrogen and oxygen atoms in total. The summed E-state index contributed by atoms with van der Waals surface area (Å²) in [6.07, 6.45) is -1.50. The normalized spacial score (nSPS) is 13.4. The molecule has 0 unspecified atom stereocenters. The number of carbonyl (C=O) groups is 1. The van der Waals surface area contributed by atoms with E-state index in [2.05, 4.69) is 27.6 Å². The third-order valence-electron chi connectivity index (χ3n) is 3.99. The van der Waals surface area contributed by atoms with E-state index >= 15 is 0 Å². The molecular formula is C20H23F2IN2O3. The molecule has 152 valence electrons. The summed E-state index contributed by atoms with van der Waals surface area (Å²) in [4.78, 5) is 14.9. The predicted molar refractivity (Wildman–Crippen MR) is 111 cm³/mol. The van der Waals surface area contributed by atoms with Crippen LogP contribution in [0.4, 0.5) is 13.6 Å². The maximum atomic E-state index is 12.9. The Hall–Kier alpha value is -1.97. The molecule has 2 rings (SSSR count). The molecule has 0 aliphatic rings. The third kappa shape index (κ3) is 6.29. The smallest absolute Gasteiger partial charge is 0.405 e. The van der Waals surface area contributed by atoms with Crippen molar-refractivity contribution < 1.29 is 23.0 Å². The summed E-state index contributed by atoms with van der Waals surface area (Å²) >= 11 is 2.12. The number of amides is 1. The lowest BCUT2D eigenvalue weighted by atomic mass is 9.95. The molecule has 0 saturated carbocycles. The number of ether oxygens (including phenoxy) is 2. The van der Waals surface area contributed by atoms with Crippen LogP contribution in [0.25, 0.3) is 11.1 Å². The zero-order valence-electron chi connectivity index (χ0n) is 15.9. The maximum Gasteiger partial charge on any atom is 0.405 e. The van der Waals surface area contributed by atoms with Crippen molar-refractivity contribution in [1.29, 1.82) is 0 Å². The fraction of sp³-hybridized carbons (Fsp3) is 0.400. The third-order valence-corrected chi connectivity index (χ3v) is 4.83. The standard InChI is InChI=1S/C20H23F2IN2O3/c1-12(2)10-20(3,28-19(24)26)11-27-17-5-4-13(8-15(17)23)14-6-7-25-16(9-14)18(21)22/h4-9,12,18H,10-11H2,1-3H3,(H2,24,26)/t20-/m0/s1. The first kappa shape index (κ1) is 22.3. The summed E-state index contributed by atoms with van der Waals surface area (Å²) in [6.45, 7) is 5.96. The largest absolute Gasteiger partial charge is 0.488 e. The predicted octanol–water partition coefficient (Wildman–Crippen LogP) is 5.57. The van der Waals surface area contributed by atoms with Crippen LogP contribution < -0.4 is 10.5 Å². The number of alkyl halides is 2. The minimum Gasteiger partial charge on any atom is -0.488 e. The van der Waals surface area contributed by atoms with E-state index in [0.29, 0.717) is 17.7 Å². The SMILES string of the molecule is CC(C)C[C@@](C)(COc1ccc(-c2ccnc(C(F)F)c2)cc1I)OC(N)=O. The number of primary amides is 1. The van der Waals surface area contributed by atoms with Crippen LogP contribution in [0.3, 0.4) is 0 Å². The van der Waals surface area contributed by atoms with Crippen LogP contribution in [0.5, 0.6) is 5.75 Å². The number of pyridine rings is 1. The fourth-order valence-electron chi connectivity index (χ4n) is 3.01. The van der Waals surface area contributed by atoms with Crippen molar-refractivity contribution in [2.24, 2.45) is 11.7 Å². The average Bonchev–Trinajstić information content (AvgIpc) is 2.59. The summed E-state index contributed by atoms with van der Waals surface area (Å²) in [6, 6.07) is 8.45. The number of halogens is 3. The van der Waals surface area contributed by atoms with E-state index in [1.165, 1.54) is 12.3 Å². The van der Waals surface area contributed by atoms with Crippen molar-refractivity contribution >= 4 is 28.7 Å². The van der Waals surface area contributed by atoms with Crippen molar-refractivity contribution in [3.05, 3.63) is 45.8 Å². The molecule has 2 aromatic rings. The Morgan fingerprint density at radius 1 is 1.25 bits per heavy atom. The number of hydrogen-bond acceptors (Lipinski definition) is 4. The van der Waals surface area contributed by atoms with Gasteiger partial charge in [0.05, 0.1) is 3.57 Å². The molecule has 28 heavy (non-hydrogen) atoms. The highest BCUT2D eigenvalue weighted by Crippen LogP contribution is 2.31. The fourth-order valence-corrected chi connectivity index (χ4v) is 3.68. The van der Waals surface area contributed by atoms with Crippen LogP contribution in [0.1, 0.15) is 39.3 Å². The van der Waals surface area contributed by atoms with Gasteiger partial charge in [-0.05, 0) is 77.2 Å². The summed E-state index contributed by atoms with van der Waals surface area (Å²) in [7, 11) is 0. The van der Waals surface area contributed by atoms with Gasteiger partial charge in [0.1, 0.15) is 23.7 Å². The summed E-state index contributed by atoms with van der Waals surface area (Å²) in [5.41, 5.74) is 5.51. The summed E-state index contributed by atoms with van der Waals surface area (Å²) in [5, 5.41) is 0. The number of rotatable bonds is 8. The lowest BCUT2D eigenvalue weighted by Crippen LogP contribution is -2.41. The molecule has 1 amide bonds. The molecule has 0 bridgehead atoms.